The SMILES string of the molecule is CCC(=O)Nc1cccc(C(=O)N2CCN(CC=Cc3ccccc3)CC2)c1. The summed E-state index contributed by atoms with van der Waals surface area (Å²) in [5, 5.41) is 2.81. The molecule has 0 aromatic heterocycles. The van der Waals surface area contributed by atoms with Crippen molar-refractivity contribution >= 4 is 23.6 Å². The third-order valence-electron chi connectivity index (χ3n) is 4.85. The van der Waals surface area contributed by atoms with E-state index in [0.717, 1.165) is 19.6 Å². The number of carbonyl (C=O) groups is 2. The molecule has 0 unspecified atom stereocenters. The standard InChI is InChI=1S/C23H27N3O2/c1-2-22(27)24-21-12-6-11-20(18-21)23(28)26-16-14-25(15-17-26)13-7-10-19-8-4-3-5-9-19/h3-12,18H,2,13-17H2,1H3,(H,24,27). The highest BCUT2D eigenvalue weighted by atomic mass is 16.2. The van der Waals surface area contributed by atoms with Gasteiger partial charge in [0.15, 0.2) is 0 Å². The van der Waals surface area contributed by atoms with Gasteiger partial charge in [0.1, 0.15) is 0 Å². The zero-order chi connectivity index (χ0) is 19.8. The summed E-state index contributed by atoms with van der Waals surface area (Å²) in [6, 6.07) is 17.4. The van der Waals surface area contributed by atoms with Crippen molar-refractivity contribution in [3.63, 3.8) is 0 Å². The highest BCUT2D eigenvalue weighted by Crippen LogP contribution is 2.15. The third-order valence-corrected chi connectivity index (χ3v) is 4.85. The number of hydrogen-bond acceptors (Lipinski definition) is 3. The molecule has 0 spiro atoms. The number of amides is 2. The number of hydrogen-bond donors (Lipinski definition) is 1. The minimum Gasteiger partial charge on any atom is -0.336 e. The molecule has 2 aromatic rings. The maximum Gasteiger partial charge on any atom is 0.254 e. The molecule has 1 aliphatic heterocycles. The molecule has 2 amide bonds. The molecule has 0 bridgehead atoms. The Morgan fingerprint density at radius 3 is 2.46 bits per heavy atom. The van der Waals surface area contributed by atoms with Gasteiger partial charge >= 0.3 is 0 Å². The summed E-state index contributed by atoms with van der Waals surface area (Å²) in [7, 11) is 0. The molecule has 146 valence electrons. The van der Waals surface area contributed by atoms with Gasteiger partial charge in [0, 0.05) is 50.4 Å². The van der Waals surface area contributed by atoms with Crippen molar-refractivity contribution in [1.82, 2.24) is 9.80 Å². The van der Waals surface area contributed by atoms with E-state index < -0.39 is 0 Å². The van der Waals surface area contributed by atoms with Crippen LogP contribution in [0.2, 0.25) is 0 Å². The van der Waals surface area contributed by atoms with Crippen LogP contribution in [-0.2, 0) is 4.79 Å². The molecule has 1 heterocycles. The molecule has 0 saturated carbocycles. The van der Waals surface area contributed by atoms with Crippen LogP contribution in [0.15, 0.2) is 60.7 Å². The predicted octanol–water partition coefficient (Wildman–Crippen LogP) is 3.51. The minimum atomic E-state index is -0.0539. The normalized spacial score (nSPS) is 15.0. The van der Waals surface area contributed by atoms with E-state index in [1.807, 2.05) is 29.2 Å². The monoisotopic (exact) mass is 377 g/mol. The molecule has 1 N–H and O–H groups in total. The Bertz CT molecular complexity index is 825. The second kappa shape index (κ2) is 9.85. The number of piperazine rings is 1. The zero-order valence-corrected chi connectivity index (χ0v) is 16.3. The quantitative estimate of drug-likeness (QED) is 0.838. The summed E-state index contributed by atoms with van der Waals surface area (Å²) in [4.78, 5) is 28.6. The van der Waals surface area contributed by atoms with Crippen molar-refractivity contribution in [3.8, 4) is 0 Å². The van der Waals surface area contributed by atoms with Crippen LogP contribution in [0, 0.1) is 0 Å². The molecule has 1 fully saturated rings. The van der Waals surface area contributed by atoms with Gasteiger partial charge in [-0.3, -0.25) is 14.5 Å². The van der Waals surface area contributed by atoms with E-state index in [-0.39, 0.29) is 11.8 Å². The van der Waals surface area contributed by atoms with Crippen LogP contribution in [0.1, 0.15) is 29.3 Å². The number of nitrogens with one attached hydrogen (secondary N) is 1. The molecule has 0 aliphatic carbocycles. The molecule has 1 saturated heterocycles. The third kappa shape index (κ3) is 5.54. The first-order valence-electron chi connectivity index (χ1n) is 9.79. The number of nitrogens with zero attached hydrogens (tertiary/aromatic N) is 2. The van der Waals surface area contributed by atoms with Gasteiger partial charge in [-0.25, -0.2) is 0 Å². The molecule has 0 radical (unpaired) electrons. The lowest BCUT2D eigenvalue weighted by Gasteiger charge is -2.34. The maximum absolute atomic E-state index is 12.8. The second-order valence-corrected chi connectivity index (χ2v) is 6.89. The lowest BCUT2D eigenvalue weighted by atomic mass is 10.1. The predicted molar refractivity (Wildman–Crippen MR) is 113 cm³/mol. The van der Waals surface area contributed by atoms with Gasteiger partial charge in [-0.15, -0.1) is 0 Å². The summed E-state index contributed by atoms with van der Waals surface area (Å²) in [6.45, 7) is 5.83. The van der Waals surface area contributed by atoms with Crippen LogP contribution in [0.25, 0.3) is 6.08 Å². The van der Waals surface area contributed by atoms with E-state index in [0.29, 0.717) is 30.8 Å². The van der Waals surface area contributed by atoms with Crippen LogP contribution in [0.4, 0.5) is 5.69 Å². The number of anilines is 1. The Morgan fingerprint density at radius 1 is 1.00 bits per heavy atom. The van der Waals surface area contributed by atoms with Crippen molar-refractivity contribution in [2.45, 2.75) is 13.3 Å². The maximum atomic E-state index is 12.8. The zero-order valence-electron chi connectivity index (χ0n) is 16.3. The van der Waals surface area contributed by atoms with Crippen LogP contribution < -0.4 is 5.32 Å². The van der Waals surface area contributed by atoms with Gasteiger partial charge in [0.25, 0.3) is 5.91 Å². The van der Waals surface area contributed by atoms with Crippen LogP contribution in [0.3, 0.4) is 0 Å². The topological polar surface area (TPSA) is 52.7 Å². The van der Waals surface area contributed by atoms with Gasteiger partial charge < -0.3 is 10.2 Å². The largest absolute Gasteiger partial charge is 0.336 e. The Labute approximate surface area is 166 Å². The van der Waals surface area contributed by atoms with E-state index in [4.69, 9.17) is 0 Å². The van der Waals surface area contributed by atoms with Crippen LogP contribution in [0.5, 0.6) is 0 Å². The van der Waals surface area contributed by atoms with E-state index >= 15 is 0 Å². The fraction of sp³-hybridized carbons (Fsp3) is 0.304. The lowest BCUT2D eigenvalue weighted by molar-refractivity contribution is -0.115. The molecule has 28 heavy (non-hydrogen) atoms. The second-order valence-electron chi connectivity index (χ2n) is 6.89. The summed E-state index contributed by atoms with van der Waals surface area (Å²) in [6.07, 6.45) is 4.72. The number of rotatable bonds is 6. The highest BCUT2D eigenvalue weighted by molar-refractivity contribution is 5.97. The van der Waals surface area contributed by atoms with Crippen molar-refractivity contribution < 1.29 is 9.59 Å². The van der Waals surface area contributed by atoms with E-state index in [9.17, 15) is 9.59 Å². The minimum absolute atomic E-state index is 0.0204. The van der Waals surface area contributed by atoms with Gasteiger partial charge in [-0.1, -0.05) is 55.5 Å². The molecule has 5 heteroatoms. The van der Waals surface area contributed by atoms with E-state index in [1.165, 1.54) is 5.56 Å². The fourth-order valence-corrected chi connectivity index (χ4v) is 3.20. The Balaban J connectivity index is 1.50. The summed E-state index contributed by atoms with van der Waals surface area (Å²) >= 11 is 0. The molecule has 0 atom stereocenters. The van der Waals surface area contributed by atoms with Crippen molar-refractivity contribution in [3.05, 3.63) is 71.8 Å². The van der Waals surface area contributed by atoms with Gasteiger partial charge in [0.2, 0.25) is 5.91 Å². The highest BCUT2D eigenvalue weighted by Gasteiger charge is 2.21. The number of benzene rings is 2. The molecule has 3 rings (SSSR count). The molecule has 5 nitrogen and oxygen atoms in total. The number of carbonyl (C=O) groups excluding carboxylic acids is 2. The summed E-state index contributed by atoms with van der Waals surface area (Å²) < 4.78 is 0. The average Bonchev–Trinajstić information content (AvgIpc) is 2.74. The van der Waals surface area contributed by atoms with Crippen molar-refractivity contribution in [2.24, 2.45) is 0 Å². The first kappa shape index (κ1) is 19.8. The molecule has 1 aliphatic rings. The summed E-state index contributed by atoms with van der Waals surface area (Å²) in [5.74, 6) is -0.0335. The van der Waals surface area contributed by atoms with Crippen molar-refractivity contribution in [1.29, 1.82) is 0 Å². The smallest absolute Gasteiger partial charge is 0.254 e. The van der Waals surface area contributed by atoms with Crippen LogP contribution in [-0.4, -0.2) is 54.3 Å². The molecular weight excluding hydrogens is 350 g/mol. The first-order valence-corrected chi connectivity index (χ1v) is 9.79. The van der Waals surface area contributed by atoms with Gasteiger partial charge in [-0.2, -0.15) is 0 Å². The molecular formula is C23H27N3O2. The Hall–Kier alpha value is -2.92. The molecule has 2 aromatic carbocycles. The lowest BCUT2D eigenvalue weighted by Crippen LogP contribution is -2.48. The van der Waals surface area contributed by atoms with E-state index in [1.54, 1.807) is 25.1 Å². The van der Waals surface area contributed by atoms with Gasteiger partial charge in [0.05, 0.1) is 0 Å². The van der Waals surface area contributed by atoms with E-state index in [2.05, 4.69) is 34.5 Å². The fourth-order valence-electron chi connectivity index (χ4n) is 3.20. The average molecular weight is 377 g/mol. The Kier molecular flexibility index (Phi) is 6.98. The Morgan fingerprint density at radius 2 is 1.75 bits per heavy atom. The van der Waals surface area contributed by atoms with Crippen molar-refractivity contribution in [2.75, 3.05) is 38.0 Å². The van der Waals surface area contributed by atoms with Gasteiger partial charge in [-0.05, 0) is 23.8 Å². The van der Waals surface area contributed by atoms with Crippen LogP contribution >= 0.6 is 0 Å². The summed E-state index contributed by atoms with van der Waals surface area (Å²) in [5.41, 5.74) is 2.49. The first-order chi connectivity index (χ1) is 13.7.